The molecule has 0 aromatic heterocycles. The predicted octanol–water partition coefficient (Wildman–Crippen LogP) is 1.24. The Hall–Kier alpha value is -1.02. The molecule has 1 aromatic rings. The molecule has 8 heteroatoms. The minimum atomic E-state index is -3.53. The Morgan fingerprint density at radius 1 is 1.18 bits per heavy atom. The Kier molecular flexibility index (Phi) is 5.21. The Morgan fingerprint density at radius 3 is 2.50 bits per heavy atom. The van der Waals surface area contributed by atoms with Crippen LogP contribution in [0.5, 0.6) is 11.5 Å². The first-order valence-electron chi connectivity index (χ1n) is 7.14. The van der Waals surface area contributed by atoms with Gasteiger partial charge >= 0.3 is 0 Å². The topological polar surface area (TPSA) is 81.9 Å². The van der Waals surface area contributed by atoms with Crippen molar-refractivity contribution in [2.24, 2.45) is 11.7 Å². The number of fused-ring (bicyclic) bond motifs is 1. The molecule has 6 nitrogen and oxygen atoms in total. The number of ether oxygens (including phenoxy) is 2. The lowest BCUT2D eigenvalue weighted by Gasteiger charge is -2.17. The lowest BCUT2D eigenvalue weighted by molar-refractivity contribution is 0.297. The zero-order chi connectivity index (χ0) is 15.0. The summed E-state index contributed by atoms with van der Waals surface area (Å²) in [6, 6.07) is 4.66. The van der Waals surface area contributed by atoms with Gasteiger partial charge in [0.25, 0.3) is 0 Å². The maximum atomic E-state index is 12.7. The normalized spacial score (nSPS) is 25.4. The lowest BCUT2D eigenvalue weighted by atomic mass is 10.1. The average molecular weight is 349 g/mol. The van der Waals surface area contributed by atoms with Crippen LogP contribution >= 0.6 is 12.4 Å². The van der Waals surface area contributed by atoms with Crippen molar-refractivity contribution in [3.63, 3.8) is 0 Å². The number of hydrogen-bond acceptors (Lipinski definition) is 5. The Balaban J connectivity index is 0.00000176. The molecule has 0 radical (unpaired) electrons. The molecule has 2 aliphatic heterocycles. The third-order valence-corrected chi connectivity index (χ3v) is 5.82. The highest BCUT2D eigenvalue weighted by Gasteiger charge is 2.35. The van der Waals surface area contributed by atoms with E-state index in [0.29, 0.717) is 37.8 Å². The smallest absolute Gasteiger partial charge is 0.243 e. The largest absolute Gasteiger partial charge is 0.490 e. The van der Waals surface area contributed by atoms with Crippen LogP contribution in [0.25, 0.3) is 0 Å². The van der Waals surface area contributed by atoms with Gasteiger partial charge in [-0.15, -0.1) is 12.4 Å². The molecule has 2 N–H and O–H groups in total. The molecule has 0 amide bonds. The fraction of sp³-hybridized carbons (Fsp3) is 0.571. The Labute approximate surface area is 137 Å². The van der Waals surface area contributed by atoms with Gasteiger partial charge in [0.05, 0.1) is 18.1 Å². The second kappa shape index (κ2) is 6.62. The molecule has 2 aliphatic rings. The van der Waals surface area contributed by atoms with E-state index in [1.54, 1.807) is 18.2 Å². The first-order valence-corrected chi connectivity index (χ1v) is 8.58. The molecule has 1 fully saturated rings. The van der Waals surface area contributed by atoms with E-state index in [0.717, 1.165) is 6.42 Å². The van der Waals surface area contributed by atoms with Crippen LogP contribution < -0.4 is 15.2 Å². The molecule has 3 rings (SSSR count). The van der Waals surface area contributed by atoms with Gasteiger partial charge in [-0.25, -0.2) is 8.42 Å². The van der Waals surface area contributed by atoms with Crippen molar-refractivity contribution in [1.29, 1.82) is 0 Å². The summed E-state index contributed by atoms with van der Waals surface area (Å²) in [4.78, 5) is 0.230. The minimum Gasteiger partial charge on any atom is -0.490 e. The summed E-state index contributed by atoms with van der Waals surface area (Å²) in [5.74, 6) is 1.25. The van der Waals surface area contributed by atoms with Crippen LogP contribution in [0.3, 0.4) is 0 Å². The van der Waals surface area contributed by atoms with Gasteiger partial charge in [0.1, 0.15) is 0 Å². The van der Waals surface area contributed by atoms with Crippen LogP contribution in [-0.4, -0.2) is 45.1 Å². The quantitative estimate of drug-likeness (QED) is 0.869. The molecule has 124 valence electrons. The van der Waals surface area contributed by atoms with E-state index in [9.17, 15) is 8.42 Å². The summed E-state index contributed by atoms with van der Waals surface area (Å²) < 4.78 is 37.9. The zero-order valence-corrected chi connectivity index (χ0v) is 14.0. The van der Waals surface area contributed by atoms with Crippen LogP contribution in [0.15, 0.2) is 23.1 Å². The summed E-state index contributed by atoms with van der Waals surface area (Å²) in [6.45, 7) is 3.89. The van der Waals surface area contributed by atoms with Crippen LogP contribution in [0.4, 0.5) is 0 Å². The number of hydrogen-bond donors (Lipinski definition) is 1. The molecule has 0 bridgehead atoms. The highest BCUT2D eigenvalue weighted by atomic mass is 35.5. The average Bonchev–Trinajstić information content (AvgIpc) is 2.67. The second-order valence-corrected chi connectivity index (χ2v) is 7.56. The van der Waals surface area contributed by atoms with E-state index in [2.05, 4.69) is 0 Å². The number of halogens is 1. The van der Waals surface area contributed by atoms with E-state index in [1.807, 2.05) is 6.92 Å². The maximum absolute atomic E-state index is 12.7. The van der Waals surface area contributed by atoms with Crippen LogP contribution in [0.1, 0.15) is 13.3 Å². The van der Waals surface area contributed by atoms with Gasteiger partial charge in [-0.05, 0) is 18.1 Å². The van der Waals surface area contributed by atoms with E-state index in [-0.39, 0.29) is 29.3 Å². The molecule has 2 atom stereocenters. The second-order valence-electron chi connectivity index (χ2n) is 5.62. The summed E-state index contributed by atoms with van der Waals surface area (Å²) in [5, 5.41) is 0. The van der Waals surface area contributed by atoms with E-state index in [1.165, 1.54) is 4.31 Å². The SMILES string of the molecule is CC1CN(S(=O)(=O)c2ccc3c(c2)OCCCO3)CC1N.Cl. The van der Waals surface area contributed by atoms with Crippen molar-refractivity contribution in [3.05, 3.63) is 18.2 Å². The van der Waals surface area contributed by atoms with E-state index >= 15 is 0 Å². The zero-order valence-electron chi connectivity index (χ0n) is 12.4. The molecular weight excluding hydrogens is 328 g/mol. The van der Waals surface area contributed by atoms with Gasteiger partial charge in [0.15, 0.2) is 11.5 Å². The molecule has 1 saturated heterocycles. The molecule has 0 aliphatic carbocycles. The van der Waals surface area contributed by atoms with Crippen molar-refractivity contribution < 1.29 is 17.9 Å². The van der Waals surface area contributed by atoms with Crippen molar-refractivity contribution in [2.45, 2.75) is 24.3 Å². The minimum absolute atomic E-state index is 0. The third kappa shape index (κ3) is 3.17. The summed E-state index contributed by atoms with van der Waals surface area (Å²) in [7, 11) is -3.53. The van der Waals surface area contributed by atoms with Crippen molar-refractivity contribution in [2.75, 3.05) is 26.3 Å². The van der Waals surface area contributed by atoms with Crippen LogP contribution in [-0.2, 0) is 10.0 Å². The predicted molar refractivity (Wildman–Crippen MR) is 85.2 cm³/mol. The standard InChI is InChI=1S/C14H20N2O4S.ClH/c1-10-8-16(9-12(10)15)21(17,18)11-3-4-13-14(7-11)20-6-2-5-19-13;/h3-4,7,10,12H,2,5-6,8-9,15H2,1H3;1H. The third-order valence-electron chi connectivity index (χ3n) is 3.99. The Morgan fingerprint density at radius 2 is 1.86 bits per heavy atom. The molecule has 1 aromatic carbocycles. The molecular formula is C14H21ClN2O4S. The van der Waals surface area contributed by atoms with Gasteiger partial charge in [0, 0.05) is 31.6 Å². The van der Waals surface area contributed by atoms with E-state index in [4.69, 9.17) is 15.2 Å². The fourth-order valence-corrected chi connectivity index (χ4v) is 4.19. The van der Waals surface area contributed by atoms with Gasteiger partial charge < -0.3 is 15.2 Å². The van der Waals surface area contributed by atoms with Gasteiger partial charge in [-0.1, -0.05) is 6.92 Å². The number of nitrogens with zero attached hydrogens (tertiary/aromatic N) is 1. The van der Waals surface area contributed by atoms with Crippen molar-refractivity contribution >= 4 is 22.4 Å². The first kappa shape index (κ1) is 17.3. The highest BCUT2D eigenvalue weighted by molar-refractivity contribution is 7.89. The van der Waals surface area contributed by atoms with Crippen LogP contribution in [0.2, 0.25) is 0 Å². The summed E-state index contributed by atoms with van der Waals surface area (Å²) in [5.41, 5.74) is 5.92. The maximum Gasteiger partial charge on any atom is 0.243 e. The molecule has 2 heterocycles. The molecule has 0 saturated carbocycles. The van der Waals surface area contributed by atoms with E-state index < -0.39 is 10.0 Å². The fourth-order valence-electron chi connectivity index (χ4n) is 2.60. The van der Waals surface area contributed by atoms with Crippen molar-refractivity contribution in [3.8, 4) is 11.5 Å². The van der Waals surface area contributed by atoms with Gasteiger partial charge in [-0.3, -0.25) is 0 Å². The van der Waals surface area contributed by atoms with Gasteiger partial charge in [0.2, 0.25) is 10.0 Å². The van der Waals surface area contributed by atoms with Crippen LogP contribution in [0, 0.1) is 5.92 Å². The monoisotopic (exact) mass is 348 g/mol. The number of benzene rings is 1. The number of nitrogens with two attached hydrogens (primary N) is 1. The summed E-state index contributed by atoms with van der Waals surface area (Å²) in [6.07, 6.45) is 0.787. The first-order chi connectivity index (χ1) is 9.98. The number of rotatable bonds is 2. The highest BCUT2D eigenvalue weighted by Crippen LogP contribution is 2.33. The summed E-state index contributed by atoms with van der Waals surface area (Å²) >= 11 is 0. The van der Waals surface area contributed by atoms with Crippen molar-refractivity contribution in [1.82, 2.24) is 4.31 Å². The van der Waals surface area contributed by atoms with Gasteiger partial charge in [-0.2, -0.15) is 4.31 Å². The molecule has 0 spiro atoms. The lowest BCUT2D eigenvalue weighted by Crippen LogP contribution is -2.32. The molecule has 22 heavy (non-hydrogen) atoms. The Bertz CT molecular complexity index is 628. The number of sulfonamides is 1. The molecule has 2 unspecified atom stereocenters.